The number of hydrogen-bond acceptors (Lipinski definition) is 2. The van der Waals surface area contributed by atoms with Gasteiger partial charge in [-0.25, -0.2) is 8.78 Å². The lowest BCUT2D eigenvalue weighted by molar-refractivity contribution is 0.581. The molecule has 1 aromatic heterocycles. The number of halogens is 2. The van der Waals surface area contributed by atoms with Crippen LogP contribution in [-0.4, -0.2) is 9.78 Å². The normalized spacial score (nSPS) is 10.7. The van der Waals surface area contributed by atoms with Crippen LogP contribution in [-0.2, 0) is 13.6 Å². The van der Waals surface area contributed by atoms with Gasteiger partial charge in [-0.1, -0.05) is 6.07 Å². The Labute approximate surface area is 104 Å². The zero-order valence-electron chi connectivity index (χ0n) is 10.6. The highest BCUT2D eigenvalue weighted by Gasteiger charge is 2.11. The van der Waals surface area contributed by atoms with Crippen molar-refractivity contribution in [3.8, 4) is 0 Å². The SMILES string of the molecule is Cc1cc(CNc2c(F)ccc(C)c2F)n(C)n1. The monoisotopic (exact) mass is 251 g/mol. The number of benzene rings is 1. The fourth-order valence-corrected chi connectivity index (χ4v) is 1.83. The lowest BCUT2D eigenvalue weighted by Crippen LogP contribution is -2.08. The van der Waals surface area contributed by atoms with Crippen LogP contribution in [0.1, 0.15) is 17.0 Å². The van der Waals surface area contributed by atoms with E-state index in [4.69, 9.17) is 0 Å². The van der Waals surface area contributed by atoms with Gasteiger partial charge < -0.3 is 5.32 Å². The molecule has 96 valence electrons. The first kappa shape index (κ1) is 12.5. The average molecular weight is 251 g/mol. The Kier molecular flexibility index (Phi) is 3.32. The van der Waals surface area contributed by atoms with Gasteiger partial charge in [-0.05, 0) is 31.5 Å². The minimum atomic E-state index is -0.586. The molecule has 0 amide bonds. The molecule has 1 heterocycles. The zero-order chi connectivity index (χ0) is 13.3. The van der Waals surface area contributed by atoms with E-state index in [1.807, 2.05) is 13.0 Å². The standard InChI is InChI=1S/C13H15F2N3/c1-8-4-5-11(14)13(12(8)15)16-7-10-6-9(2)17-18(10)3/h4-6,16H,7H2,1-3H3. The van der Waals surface area contributed by atoms with Crippen molar-refractivity contribution in [2.75, 3.05) is 5.32 Å². The summed E-state index contributed by atoms with van der Waals surface area (Å²) in [6.45, 7) is 3.81. The first-order valence-corrected chi connectivity index (χ1v) is 5.67. The first-order valence-electron chi connectivity index (χ1n) is 5.67. The number of nitrogens with zero attached hydrogens (tertiary/aromatic N) is 2. The molecule has 0 saturated heterocycles. The van der Waals surface area contributed by atoms with Crippen molar-refractivity contribution in [3.05, 3.63) is 46.8 Å². The van der Waals surface area contributed by atoms with Crippen molar-refractivity contribution in [2.24, 2.45) is 7.05 Å². The van der Waals surface area contributed by atoms with Gasteiger partial charge in [-0.2, -0.15) is 5.10 Å². The Morgan fingerprint density at radius 2 is 2.00 bits per heavy atom. The van der Waals surface area contributed by atoms with E-state index in [9.17, 15) is 8.78 Å². The predicted octanol–water partition coefficient (Wildman–Crippen LogP) is 2.93. The number of nitrogens with one attached hydrogen (secondary N) is 1. The van der Waals surface area contributed by atoms with Crippen molar-refractivity contribution in [2.45, 2.75) is 20.4 Å². The minimum Gasteiger partial charge on any atom is -0.375 e. The minimum absolute atomic E-state index is 0.0890. The Balaban J connectivity index is 2.20. The van der Waals surface area contributed by atoms with Gasteiger partial charge in [0.1, 0.15) is 11.5 Å². The Morgan fingerprint density at radius 1 is 1.28 bits per heavy atom. The second kappa shape index (κ2) is 4.76. The summed E-state index contributed by atoms with van der Waals surface area (Å²) < 4.78 is 28.9. The summed E-state index contributed by atoms with van der Waals surface area (Å²) in [5.41, 5.74) is 2.07. The summed E-state index contributed by atoms with van der Waals surface area (Å²) in [6, 6.07) is 4.55. The zero-order valence-corrected chi connectivity index (χ0v) is 10.6. The molecule has 0 spiro atoms. The summed E-state index contributed by atoms with van der Waals surface area (Å²) in [7, 11) is 1.80. The molecule has 0 bridgehead atoms. The molecule has 5 heteroatoms. The highest BCUT2D eigenvalue weighted by molar-refractivity contribution is 5.49. The van der Waals surface area contributed by atoms with Gasteiger partial charge in [0.25, 0.3) is 0 Å². The molecule has 0 atom stereocenters. The van der Waals surface area contributed by atoms with E-state index >= 15 is 0 Å². The molecule has 1 N–H and O–H groups in total. The number of anilines is 1. The van der Waals surface area contributed by atoms with E-state index in [1.54, 1.807) is 18.7 Å². The maximum Gasteiger partial charge on any atom is 0.152 e. The molecule has 0 radical (unpaired) electrons. The number of aromatic nitrogens is 2. The van der Waals surface area contributed by atoms with Gasteiger partial charge in [0.2, 0.25) is 0 Å². The summed E-state index contributed by atoms with van der Waals surface area (Å²) >= 11 is 0. The summed E-state index contributed by atoms with van der Waals surface area (Å²) in [4.78, 5) is 0. The largest absolute Gasteiger partial charge is 0.375 e. The van der Waals surface area contributed by atoms with Gasteiger partial charge in [-0.3, -0.25) is 4.68 Å². The van der Waals surface area contributed by atoms with Crippen LogP contribution in [0.3, 0.4) is 0 Å². The molecule has 0 aliphatic heterocycles. The fraction of sp³-hybridized carbons (Fsp3) is 0.308. The number of hydrogen-bond donors (Lipinski definition) is 1. The average Bonchev–Trinajstić information content (AvgIpc) is 2.63. The summed E-state index contributed by atoms with van der Waals surface area (Å²) in [5, 5.41) is 6.96. The van der Waals surface area contributed by atoms with E-state index in [0.717, 1.165) is 11.4 Å². The third-order valence-corrected chi connectivity index (χ3v) is 2.83. The van der Waals surface area contributed by atoms with Crippen molar-refractivity contribution < 1.29 is 8.78 Å². The van der Waals surface area contributed by atoms with Crippen molar-refractivity contribution in [1.29, 1.82) is 0 Å². The van der Waals surface area contributed by atoms with E-state index < -0.39 is 11.6 Å². The number of aryl methyl sites for hydroxylation is 3. The van der Waals surface area contributed by atoms with E-state index in [-0.39, 0.29) is 5.69 Å². The highest BCUT2D eigenvalue weighted by Crippen LogP contribution is 2.22. The van der Waals surface area contributed by atoms with Crippen molar-refractivity contribution in [3.63, 3.8) is 0 Å². The third-order valence-electron chi connectivity index (χ3n) is 2.83. The lowest BCUT2D eigenvalue weighted by Gasteiger charge is -2.10. The third kappa shape index (κ3) is 2.34. The molecule has 0 aliphatic rings. The van der Waals surface area contributed by atoms with Crippen LogP contribution in [0.25, 0.3) is 0 Å². The smallest absolute Gasteiger partial charge is 0.152 e. The number of rotatable bonds is 3. The fourth-order valence-electron chi connectivity index (χ4n) is 1.83. The van der Waals surface area contributed by atoms with Crippen molar-refractivity contribution in [1.82, 2.24) is 9.78 Å². The van der Waals surface area contributed by atoms with Gasteiger partial charge in [0.15, 0.2) is 5.82 Å². The highest BCUT2D eigenvalue weighted by atomic mass is 19.1. The molecule has 0 saturated carbocycles. The molecule has 0 fully saturated rings. The van der Waals surface area contributed by atoms with Crippen LogP contribution in [0.15, 0.2) is 18.2 Å². The van der Waals surface area contributed by atoms with Crippen molar-refractivity contribution >= 4 is 5.69 Å². The van der Waals surface area contributed by atoms with Gasteiger partial charge >= 0.3 is 0 Å². The molecule has 1 aromatic carbocycles. The summed E-state index contributed by atoms with van der Waals surface area (Å²) in [5.74, 6) is -1.13. The summed E-state index contributed by atoms with van der Waals surface area (Å²) in [6.07, 6.45) is 0. The molecule has 3 nitrogen and oxygen atoms in total. The van der Waals surface area contributed by atoms with E-state index in [0.29, 0.717) is 12.1 Å². The molecular weight excluding hydrogens is 236 g/mol. The maximum absolute atomic E-state index is 13.7. The van der Waals surface area contributed by atoms with Gasteiger partial charge in [-0.15, -0.1) is 0 Å². The second-order valence-corrected chi connectivity index (χ2v) is 4.31. The van der Waals surface area contributed by atoms with Crippen LogP contribution in [0.5, 0.6) is 0 Å². The van der Waals surface area contributed by atoms with Gasteiger partial charge in [0.05, 0.1) is 17.9 Å². The molecule has 18 heavy (non-hydrogen) atoms. The van der Waals surface area contributed by atoms with Crippen LogP contribution in [0.4, 0.5) is 14.5 Å². The Hall–Kier alpha value is -1.91. The molecular formula is C13H15F2N3. The Bertz CT molecular complexity index is 576. The van der Waals surface area contributed by atoms with Crippen LogP contribution in [0.2, 0.25) is 0 Å². The molecule has 0 aliphatic carbocycles. The van der Waals surface area contributed by atoms with Crippen LogP contribution >= 0.6 is 0 Å². The molecule has 0 unspecified atom stereocenters. The topological polar surface area (TPSA) is 29.9 Å². The van der Waals surface area contributed by atoms with Crippen LogP contribution in [0, 0.1) is 25.5 Å². The van der Waals surface area contributed by atoms with E-state index in [2.05, 4.69) is 10.4 Å². The second-order valence-electron chi connectivity index (χ2n) is 4.31. The molecule has 2 aromatic rings. The van der Waals surface area contributed by atoms with Gasteiger partial charge in [0, 0.05) is 7.05 Å². The quantitative estimate of drug-likeness (QED) is 0.909. The lowest BCUT2D eigenvalue weighted by atomic mass is 10.2. The molecule has 2 rings (SSSR count). The first-order chi connectivity index (χ1) is 8.49. The van der Waals surface area contributed by atoms with E-state index in [1.165, 1.54) is 12.1 Å². The maximum atomic E-state index is 13.7. The van der Waals surface area contributed by atoms with Crippen LogP contribution < -0.4 is 5.32 Å². The predicted molar refractivity (Wildman–Crippen MR) is 66.4 cm³/mol. The Morgan fingerprint density at radius 3 is 2.61 bits per heavy atom.